The molecule has 1 atom stereocenters. The Morgan fingerprint density at radius 1 is 1.15 bits per heavy atom. The number of anilines is 1. The van der Waals surface area contributed by atoms with Gasteiger partial charge in [-0.25, -0.2) is 0 Å². The number of nitrogens with zero attached hydrogens (tertiary/aromatic N) is 3. The number of amides is 2. The van der Waals surface area contributed by atoms with Gasteiger partial charge in [-0.2, -0.15) is 0 Å². The van der Waals surface area contributed by atoms with Gasteiger partial charge < -0.3 is 15.1 Å². The van der Waals surface area contributed by atoms with Crippen molar-refractivity contribution < 1.29 is 9.59 Å². The third kappa shape index (κ3) is 3.23. The molecule has 27 heavy (non-hydrogen) atoms. The van der Waals surface area contributed by atoms with Crippen molar-refractivity contribution in [1.29, 1.82) is 0 Å². The van der Waals surface area contributed by atoms with Crippen LogP contribution in [0, 0.1) is 0 Å². The van der Waals surface area contributed by atoms with Gasteiger partial charge in [0.05, 0.1) is 0 Å². The van der Waals surface area contributed by atoms with E-state index < -0.39 is 6.04 Å². The van der Waals surface area contributed by atoms with Crippen LogP contribution in [-0.2, 0) is 11.3 Å². The van der Waals surface area contributed by atoms with Crippen molar-refractivity contribution in [3.8, 4) is 0 Å². The molecule has 3 aliphatic heterocycles. The number of nitrogens with one attached hydrogen (secondary N) is 1. The average molecular weight is 368 g/mol. The van der Waals surface area contributed by atoms with Crippen molar-refractivity contribution in [2.24, 2.45) is 0 Å². The standard InChI is InChI=1S/C21H28N4O2/c1-14(2)23-9-11-24(12-10-23)18-6-4-5-16-17(18)13-25(21(16)27)19-8-7-15(3)22-20(19)26/h4-6,14,19H,3,7-13H2,1-2H3,(H,22,26). The Bertz CT molecular complexity index is 780. The molecule has 0 saturated carbocycles. The lowest BCUT2D eigenvalue weighted by Crippen LogP contribution is -2.50. The molecule has 1 N–H and O–H groups in total. The van der Waals surface area contributed by atoms with E-state index in [1.807, 2.05) is 12.1 Å². The summed E-state index contributed by atoms with van der Waals surface area (Å²) >= 11 is 0. The van der Waals surface area contributed by atoms with Gasteiger partial charge in [0, 0.05) is 61.3 Å². The van der Waals surface area contributed by atoms with E-state index >= 15 is 0 Å². The minimum Gasteiger partial charge on any atom is -0.369 e. The molecule has 1 aromatic carbocycles. The zero-order valence-electron chi connectivity index (χ0n) is 16.2. The normalized spacial score (nSPS) is 23.8. The highest BCUT2D eigenvalue weighted by molar-refractivity contribution is 6.02. The number of hydrogen-bond donors (Lipinski definition) is 1. The third-order valence-corrected chi connectivity index (χ3v) is 6.05. The molecule has 0 radical (unpaired) electrons. The molecule has 6 heteroatoms. The summed E-state index contributed by atoms with van der Waals surface area (Å²) in [4.78, 5) is 32.0. The summed E-state index contributed by atoms with van der Waals surface area (Å²) in [5.74, 6) is -0.139. The highest BCUT2D eigenvalue weighted by atomic mass is 16.2. The Labute approximate surface area is 160 Å². The van der Waals surface area contributed by atoms with E-state index in [1.54, 1.807) is 4.90 Å². The van der Waals surface area contributed by atoms with Gasteiger partial charge in [0.25, 0.3) is 5.91 Å². The van der Waals surface area contributed by atoms with E-state index in [2.05, 4.69) is 41.6 Å². The molecule has 1 unspecified atom stereocenters. The van der Waals surface area contributed by atoms with E-state index in [1.165, 1.54) is 0 Å². The number of hydrogen-bond acceptors (Lipinski definition) is 4. The number of piperazine rings is 1. The summed E-state index contributed by atoms with van der Waals surface area (Å²) < 4.78 is 0. The highest BCUT2D eigenvalue weighted by Gasteiger charge is 2.39. The van der Waals surface area contributed by atoms with Crippen molar-refractivity contribution in [1.82, 2.24) is 15.1 Å². The monoisotopic (exact) mass is 368 g/mol. The zero-order valence-corrected chi connectivity index (χ0v) is 16.2. The van der Waals surface area contributed by atoms with Crippen molar-refractivity contribution in [3.05, 3.63) is 41.6 Å². The van der Waals surface area contributed by atoms with Crippen LogP contribution in [0.1, 0.15) is 42.6 Å². The molecule has 2 saturated heterocycles. The number of piperidine rings is 1. The second kappa shape index (κ2) is 7.00. The van der Waals surface area contributed by atoms with Crippen molar-refractivity contribution in [2.45, 2.75) is 45.3 Å². The first-order valence-corrected chi connectivity index (χ1v) is 9.86. The van der Waals surface area contributed by atoms with Crippen molar-refractivity contribution in [3.63, 3.8) is 0 Å². The molecular formula is C21H28N4O2. The summed E-state index contributed by atoms with van der Waals surface area (Å²) in [6.45, 7) is 12.8. The highest BCUT2D eigenvalue weighted by Crippen LogP contribution is 2.34. The summed E-state index contributed by atoms with van der Waals surface area (Å²) in [7, 11) is 0. The van der Waals surface area contributed by atoms with Gasteiger partial charge in [-0.3, -0.25) is 14.5 Å². The largest absolute Gasteiger partial charge is 0.369 e. The number of allylic oxidation sites excluding steroid dienone is 1. The molecular weight excluding hydrogens is 340 g/mol. The first-order valence-electron chi connectivity index (χ1n) is 9.86. The molecule has 6 nitrogen and oxygen atoms in total. The van der Waals surface area contributed by atoms with Gasteiger partial charge in [0.2, 0.25) is 5.91 Å². The van der Waals surface area contributed by atoms with Crippen LogP contribution in [0.15, 0.2) is 30.5 Å². The number of carbonyl (C=O) groups excluding carboxylic acids is 2. The van der Waals surface area contributed by atoms with E-state index in [9.17, 15) is 9.59 Å². The van der Waals surface area contributed by atoms with Crippen molar-refractivity contribution in [2.75, 3.05) is 31.1 Å². The second-order valence-electron chi connectivity index (χ2n) is 8.00. The van der Waals surface area contributed by atoms with Crippen LogP contribution in [0.2, 0.25) is 0 Å². The molecule has 3 heterocycles. The number of fused-ring (bicyclic) bond motifs is 1. The third-order valence-electron chi connectivity index (χ3n) is 6.05. The Morgan fingerprint density at radius 3 is 2.56 bits per heavy atom. The van der Waals surface area contributed by atoms with E-state index in [4.69, 9.17) is 0 Å². The lowest BCUT2D eigenvalue weighted by atomic mass is 10.0. The Morgan fingerprint density at radius 2 is 1.89 bits per heavy atom. The van der Waals surface area contributed by atoms with Crippen LogP contribution < -0.4 is 10.2 Å². The smallest absolute Gasteiger partial charge is 0.255 e. The molecule has 1 aromatic rings. The Kier molecular flexibility index (Phi) is 4.68. The number of benzene rings is 1. The Hall–Kier alpha value is -2.34. The predicted molar refractivity (Wildman–Crippen MR) is 106 cm³/mol. The van der Waals surface area contributed by atoms with Crippen LogP contribution in [0.5, 0.6) is 0 Å². The van der Waals surface area contributed by atoms with Gasteiger partial charge in [0.15, 0.2) is 0 Å². The minimum absolute atomic E-state index is 0.0275. The summed E-state index contributed by atoms with van der Waals surface area (Å²) in [6.07, 6.45) is 1.37. The fourth-order valence-corrected chi connectivity index (χ4v) is 4.42. The number of rotatable bonds is 3. The zero-order chi connectivity index (χ0) is 19.1. The lowest BCUT2D eigenvalue weighted by Gasteiger charge is -2.38. The van der Waals surface area contributed by atoms with E-state index in [0.717, 1.165) is 55.1 Å². The molecule has 2 fully saturated rings. The van der Waals surface area contributed by atoms with Crippen LogP contribution in [0.3, 0.4) is 0 Å². The summed E-state index contributed by atoms with van der Waals surface area (Å²) in [5.41, 5.74) is 3.70. The molecule has 3 aliphatic rings. The second-order valence-corrected chi connectivity index (χ2v) is 8.00. The maximum atomic E-state index is 13.0. The Balaban J connectivity index is 1.55. The minimum atomic E-state index is -0.402. The number of carbonyl (C=O) groups is 2. The van der Waals surface area contributed by atoms with E-state index in [0.29, 0.717) is 19.0 Å². The maximum Gasteiger partial charge on any atom is 0.255 e. The first kappa shape index (κ1) is 18.0. The first-order chi connectivity index (χ1) is 13.0. The van der Waals surface area contributed by atoms with Gasteiger partial charge in [0.1, 0.15) is 6.04 Å². The molecule has 144 valence electrons. The van der Waals surface area contributed by atoms with Gasteiger partial charge in [-0.05, 0) is 38.8 Å². The van der Waals surface area contributed by atoms with Gasteiger partial charge >= 0.3 is 0 Å². The van der Waals surface area contributed by atoms with Gasteiger partial charge in [-0.15, -0.1) is 0 Å². The van der Waals surface area contributed by atoms with Crippen LogP contribution in [-0.4, -0.2) is 59.9 Å². The molecule has 4 rings (SSSR count). The molecule has 0 aliphatic carbocycles. The van der Waals surface area contributed by atoms with Crippen LogP contribution >= 0.6 is 0 Å². The van der Waals surface area contributed by atoms with Crippen LogP contribution in [0.25, 0.3) is 0 Å². The van der Waals surface area contributed by atoms with Gasteiger partial charge in [-0.1, -0.05) is 12.6 Å². The topological polar surface area (TPSA) is 55.9 Å². The van der Waals surface area contributed by atoms with Crippen molar-refractivity contribution >= 4 is 17.5 Å². The summed E-state index contributed by atoms with van der Waals surface area (Å²) in [5, 5.41) is 2.80. The summed E-state index contributed by atoms with van der Waals surface area (Å²) in [6, 6.07) is 6.13. The molecule has 2 amide bonds. The SMILES string of the molecule is C=C1CCC(N2Cc3c(cccc3N3CCN(C(C)C)CC3)C2=O)C(=O)N1. The maximum absolute atomic E-state index is 13.0. The molecule has 0 bridgehead atoms. The average Bonchev–Trinajstić information content (AvgIpc) is 2.98. The molecule has 0 spiro atoms. The lowest BCUT2D eigenvalue weighted by molar-refractivity contribution is -0.126. The van der Waals surface area contributed by atoms with E-state index in [-0.39, 0.29) is 11.8 Å². The van der Waals surface area contributed by atoms with Crippen LogP contribution in [0.4, 0.5) is 5.69 Å². The fraction of sp³-hybridized carbons (Fsp3) is 0.524. The quantitative estimate of drug-likeness (QED) is 0.886. The fourth-order valence-electron chi connectivity index (χ4n) is 4.42. The molecule has 0 aromatic heterocycles. The predicted octanol–water partition coefficient (Wildman–Crippen LogP) is 1.97.